The number of hydrogen-bond donors (Lipinski definition) is 1. The Kier molecular flexibility index (Phi) is 6.45. The summed E-state index contributed by atoms with van der Waals surface area (Å²) in [6.45, 7) is 9.54. The van der Waals surface area contributed by atoms with Gasteiger partial charge in [-0.05, 0) is 46.8 Å². The normalized spacial score (nSPS) is 14.6. The number of dihydropyridines is 1. The minimum atomic E-state index is -0.719. The standard InChI is InChI=1S/C24H27NO5/c1-6-28-23(26)20-15(4)25-16(5)21(24(27)29-7-2)22(20)19-13-12-18(30-19)17-10-8-14(3)9-11-17/h8-13,22,25H,6-7H2,1-5H3. The van der Waals surface area contributed by atoms with Crippen molar-refractivity contribution in [3.63, 3.8) is 0 Å². The van der Waals surface area contributed by atoms with E-state index in [2.05, 4.69) is 5.32 Å². The molecule has 0 fully saturated rings. The van der Waals surface area contributed by atoms with E-state index in [4.69, 9.17) is 13.9 Å². The van der Waals surface area contributed by atoms with Crippen molar-refractivity contribution in [2.75, 3.05) is 13.2 Å². The zero-order valence-electron chi connectivity index (χ0n) is 18.0. The molecule has 0 amide bonds. The predicted octanol–water partition coefficient (Wildman–Crippen LogP) is 4.62. The molecule has 158 valence electrons. The first kappa shape index (κ1) is 21.4. The van der Waals surface area contributed by atoms with E-state index >= 15 is 0 Å². The maximum atomic E-state index is 12.8. The van der Waals surface area contributed by atoms with E-state index in [1.807, 2.05) is 37.3 Å². The van der Waals surface area contributed by atoms with Gasteiger partial charge in [0, 0.05) is 17.0 Å². The lowest BCUT2D eigenvalue weighted by molar-refractivity contribution is -0.139. The summed E-state index contributed by atoms with van der Waals surface area (Å²) < 4.78 is 16.7. The van der Waals surface area contributed by atoms with Crippen LogP contribution in [0.25, 0.3) is 11.3 Å². The number of allylic oxidation sites excluding steroid dienone is 2. The van der Waals surface area contributed by atoms with E-state index in [1.54, 1.807) is 33.8 Å². The molecule has 6 nitrogen and oxygen atoms in total. The maximum Gasteiger partial charge on any atom is 0.336 e. The number of carbonyl (C=O) groups is 2. The maximum absolute atomic E-state index is 12.8. The van der Waals surface area contributed by atoms with Gasteiger partial charge in [0.15, 0.2) is 0 Å². The molecule has 1 aromatic heterocycles. The van der Waals surface area contributed by atoms with Crippen LogP contribution in [-0.4, -0.2) is 25.2 Å². The monoisotopic (exact) mass is 409 g/mol. The molecule has 0 aliphatic carbocycles. The molecule has 6 heteroatoms. The number of nitrogens with one attached hydrogen (secondary N) is 1. The molecule has 2 aromatic rings. The largest absolute Gasteiger partial charge is 0.463 e. The van der Waals surface area contributed by atoms with Crippen molar-refractivity contribution in [2.45, 2.75) is 40.5 Å². The highest BCUT2D eigenvalue weighted by atomic mass is 16.5. The number of rotatable bonds is 6. The number of hydrogen-bond acceptors (Lipinski definition) is 6. The molecule has 1 aliphatic rings. The van der Waals surface area contributed by atoms with Gasteiger partial charge in [-0.15, -0.1) is 0 Å². The number of esters is 2. The molecule has 0 saturated heterocycles. The second-order valence-electron chi connectivity index (χ2n) is 7.14. The number of aryl methyl sites for hydroxylation is 1. The molecule has 1 aromatic carbocycles. The third kappa shape index (κ3) is 4.17. The van der Waals surface area contributed by atoms with Crippen LogP contribution in [0.3, 0.4) is 0 Å². The van der Waals surface area contributed by atoms with Crippen molar-refractivity contribution in [3.05, 3.63) is 70.3 Å². The number of carbonyl (C=O) groups excluding carboxylic acids is 2. The van der Waals surface area contributed by atoms with Gasteiger partial charge >= 0.3 is 11.9 Å². The van der Waals surface area contributed by atoms with Crippen LogP contribution >= 0.6 is 0 Å². The molecule has 2 heterocycles. The fourth-order valence-electron chi connectivity index (χ4n) is 3.62. The van der Waals surface area contributed by atoms with Gasteiger partial charge in [0.1, 0.15) is 11.5 Å². The Labute approximate surface area is 176 Å². The lowest BCUT2D eigenvalue weighted by atomic mass is 9.83. The van der Waals surface area contributed by atoms with E-state index in [0.717, 1.165) is 11.1 Å². The molecule has 0 atom stereocenters. The Hall–Kier alpha value is -3.28. The molecular formula is C24H27NO5. The van der Waals surface area contributed by atoms with Crippen molar-refractivity contribution < 1.29 is 23.5 Å². The first-order valence-corrected chi connectivity index (χ1v) is 10.1. The van der Waals surface area contributed by atoms with Gasteiger partial charge in [-0.3, -0.25) is 0 Å². The smallest absolute Gasteiger partial charge is 0.336 e. The van der Waals surface area contributed by atoms with Crippen LogP contribution in [0.15, 0.2) is 63.4 Å². The van der Waals surface area contributed by atoms with Crippen molar-refractivity contribution in [1.82, 2.24) is 5.32 Å². The Morgan fingerprint density at radius 3 is 1.90 bits per heavy atom. The minimum absolute atomic E-state index is 0.229. The summed E-state index contributed by atoms with van der Waals surface area (Å²) in [5, 5.41) is 3.12. The molecule has 0 saturated carbocycles. The highest BCUT2D eigenvalue weighted by Crippen LogP contribution is 2.41. The fraction of sp³-hybridized carbons (Fsp3) is 0.333. The van der Waals surface area contributed by atoms with Crippen molar-refractivity contribution in [2.24, 2.45) is 0 Å². The van der Waals surface area contributed by atoms with E-state index in [-0.39, 0.29) is 13.2 Å². The summed E-state index contributed by atoms with van der Waals surface area (Å²) in [4.78, 5) is 25.6. The lowest BCUT2D eigenvalue weighted by Crippen LogP contribution is -2.32. The van der Waals surface area contributed by atoms with E-state index in [0.29, 0.717) is 34.1 Å². The average Bonchev–Trinajstić information content (AvgIpc) is 3.18. The van der Waals surface area contributed by atoms with Crippen molar-refractivity contribution in [3.8, 4) is 11.3 Å². The van der Waals surface area contributed by atoms with E-state index in [1.165, 1.54) is 0 Å². The first-order valence-electron chi connectivity index (χ1n) is 10.1. The van der Waals surface area contributed by atoms with Gasteiger partial charge < -0.3 is 19.2 Å². The summed E-state index contributed by atoms with van der Waals surface area (Å²) >= 11 is 0. The van der Waals surface area contributed by atoms with Crippen molar-refractivity contribution >= 4 is 11.9 Å². The number of furan rings is 1. The Balaban J connectivity index is 2.11. The SMILES string of the molecule is CCOC(=O)C1=C(C)NC(C)=C(C(=O)OCC)C1c1ccc(-c2ccc(C)cc2)o1. The molecule has 0 radical (unpaired) electrons. The zero-order chi connectivity index (χ0) is 21.8. The minimum Gasteiger partial charge on any atom is -0.463 e. The van der Waals surface area contributed by atoms with Crippen molar-refractivity contribution in [1.29, 1.82) is 0 Å². The Morgan fingerprint density at radius 1 is 0.867 bits per heavy atom. The summed E-state index contributed by atoms with van der Waals surface area (Å²) in [6, 6.07) is 11.6. The number of ether oxygens (including phenoxy) is 2. The van der Waals surface area contributed by atoms with Gasteiger partial charge in [0.05, 0.1) is 30.3 Å². The summed E-state index contributed by atoms with van der Waals surface area (Å²) in [5.74, 6) is -0.559. The second kappa shape index (κ2) is 9.03. The van der Waals surface area contributed by atoms with Crippen LogP contribution in [0.2, 0.25) is 0 Å². The molecule has 0 spiro atoms. The molecule has 1 aliphatic heterocycles. The molecule has 0 bridgehead atoms. The summed E-state index contributed by atoms with van der Waals surface area (Å²) in [5.41, 5.74) is 3.99. The first-order chi connectivity index (χ1) is 14.4. The van der Waals surface area contributed by atoms with Crippen LogP contribution in [0.1, 0.15) is 44.9 Å². The average molecular weight is 409 g/mol. The highest BCUT2D eigenvalue weighted by molar-refractivity contribution is 5.99. The third-order valence-corrected chi connectivity index (χ3v) is 5.00. The molecule has 0 unspecified atom stereocenters. The molecule has 1 N–H and O–H groups in total. The fourth-order valence-corrected chi connectivity index (χ4v) is 3.62. The molecule has 30 heavy (non-hydrogen) atoms. The van der Waals surface area contributed by atoms with Crippen LogP contribution in [0, 0.1) is 6.92 Å². The lowest BCUT2D eigenvalue weighted by Gasteiger charge is -2.28. The zero-order valence-corrected chi connectivity index (χ0v) is 18.0. The van der Waals surface area contributed by atoms with Gasteiger partial charge in [0.2, 0.25) is 0 Å². The van der Waals surface area contributed by atoms with Crippen LogP contribution in [0.4, 0.5) is 0 Å². The Bertz CT molecular complexity index is 970. The van der Waals surface area contributed by atoms with Gasteiger partial charge in [-0.25, -0.2) is 9.59 Å². The second-order valence-corrected chi connectivity index (χ2v) is 7.14. The quantitative estimate of drug-likeness (QED) is 0.702. The number of benzene rings is 1. The third-order valence-electron chi connectivity index (χ3n) is 5.00. The van der Waals surface area contributed by atoms with Crippen LogP contribution in [-0.2, 0) is 19.1 Å². The van der Waals surface area contributed by atoms with Crippen LogP contribution < -0.4 is 5.32 Å². The summed E-state index contributed by atoms with van der Waals surface area (Å²) in [7, 11) is 0. The summed E-state index contributed by atoms with van der Waals surface area (Å²) in [6.07, 6.45) is 0. The van der Waals surface area contributed by atoms with Gasteiger partial charge in [0.25, 0.3) is 0 Å². The predicted molar refractivity (Wildman–Crippen MR) is 113 cm³/mol. The molecular weight excluding hydrogens is 382 g/mol. The van der Waals surface area contributed by atoms with Gasteiger partial charge in [-0.1, -0.05) is 29.8 Å². The topological polar surface area (TPSA) is 77.8 Å². The highest BCUT2D eigenvalue weighted by Gasteiger charge is 2.39. The Morgan fingerprint density at radius 2 is 1.40 bits per heavy atom. The van der Waals surface area contributed by atoms with E-state index < -0.39 is 17.9 Å². The molecule has 3 rings (SSSR count). The van der Waals surface area contributed by atoms with Crippen LogP contribution in [0.5, 0.6) is 0 Å². The van der Waals surface area contributed by atoms with Gasteiger partial charge in [-0.2, -0.15) is 0 Å². The van der Waals surface area contributed by atoms with E-state index in [9.17, 15) is 9.59 Å².